The zero-order valence-electron chi connectivity index (χ0n) is 11.3. The van der Waals surface area contributed by atoms with Crippen LogP contribution in [0.25, 0.3) is 11.0 Å². The minimum Gasteiger partial charge on any atom is -0.465 e. The number of rotatable bonds is 4. The number of carbonyl (C=O) groups is 1. The van der Waals surface area contributed by atoms with Crippen LogP contribution in [0.5, 0.6) is 0 Å². The number of aromatic nitrogens is 2. The van der Waals surface area contributed by atoms with E-state index in [0.717, 1.165) is 33.2 Å². The Kier molecular flexibility index (Phi) is 4.17. The van der Waals surface area contributed by atoms with E-state index in [4.69, 9.17) is 4.74 Å². The molecule has 3 rings (SSSR count). The quantitative estimate of drug-likeness (QED) is 0.542. The summed E-state index contributed by atoms with van der Waals surface area (Å²) < 4.78 is 13.4. The van der Waals surface area contributed by atoms with Crippen LogP contribution in [0, 0.1) is 0 Å². The highest BCUT2D eigenvalue weighted by Crippen LogP contribution is 2.29. The second-order valence-electron chi connectivity index (χ2n) is 4.32. The number of hydrogen-bond acceptors (Lipinski definition) is 6. The molecule has 1 heterocycles. The van der Waals surface area contributed by atoms with Crippen molar-refractivity contribution in [3.05, 3.63) is 53.6 Å². The predicted octanol–water partition coefficient (Wildman–Crippen LogP) is 3.77. The molecule has 0 aliphatic heterocycles. The predicted molar refractivity (Wildman–Crippen MR) is 84.8 cm³/mol. The molecule has 0 aliphatic rings. The van der Waals surface area contributed by atoms with E-state index in [-0.39, 0.29) is 5.97 Å². The molecule has 0 unspecified atom stereocenters. The van der Waals surface area contributed by atoms with Gasteiger partial charge in [-0.05, 0) is 24.3 Å². The van der Waals surface area contributed by atoms with Crippen molar-refractivity contribution in [2.24, 2.45) is 0 Å². The molecule has 1 aromatic heterocycles. The molecule has 0 N–H and O–H groups in total. The van der Waals surface area contributed by atoms with Crippen molar-refractivity contribution in [3.8, 4) is 0 Å². The summed E-state index contributed by atoms with van der Waals surface area (Å²) in [6.45, 7) is 0. The number of esters is 1. The maximum Gasteiger partial charge on any atom is 0.338 e. The third kappa shape index (κ3) is 2.91. The second-order valence-corrected chi connectivity index (χ2v) is 5.89. The summed E-state index contributed by atoms with van der Waals surface area (Å²) in [5.74, 6) is 0.311. The van der Waals surface area contributed by atoms with Crippen molar-refractivity contribution in [2.45, 2.75) is 10.6 Å². The molecule has 0 spiro atoms. The van der Waals surface area contributed by atoms with Gasteiger partial charge in [0.05, 0.1) is 24.4 Å². The summed E-state index contributed by atoms with van der Waals surface area (Å²) in [6.07, 6.45) is 0. The highest BCUT2D eigenvalue weighted by atomic mass is 32.2. The summed E-state index contributed by atoms with van der Waals surface area (Å²) in [6, 6.07) is 13.6. The van der Waals surface area contributed by atoms with E-state index in [9.17, 15) is 4.79 Å². The number of benzene rings is 2. The molecule has 0 saturated heterocycles. The summed E-state index contributed by atoms with van der Waals surface area (Å²) >= 11 is 2.82. The average Bonchev–Trinajstić information content (AvgIpc) is 3.01. The fourth-order valence-corrected chi connectivity index (χ4v) is 3.54. The van der Waals surface area contributed by atoms with Gasteiger partial charge in [-0.2, -0.15) is 8.75 Å². The van der Waals surface area contributed by atoms with E-state index < -0.39 is 0 Å². The van der Waals surface area contributed by atoms with E-state index in [0.29, 0.717) is 11.3 Å². The number of thioether (sulfide) groups is 1. The van der Waals surface area contributed by atoms with Crippen LogP contribution in [0.4, 0.5) is 0 Å². The number of carbonyl (C=O) groups excluding carboxylic acids is 1. The van der Waals surface area contributed by atoms with Gasteiger partial charge in [-0.1, -0.05) is 18.2 Å². The number of fused-ring (bicyclic) bond motifs is 1. The molecule has 0 bridgehead atoms. The summed E-state index contributed by atoms with van der Waals surface area (Å²) in [5.41, 5.74) is 3.03. The summed E-state index contributed by atoms with van der Waals surface area (Å²) in [5, 5.41) is 0. The van der Waals surface area contributed by atoms with Crippen LogP contribution in [0.1, 0.15) is 15.9 Å². The van der Waals surface area contributed by atoms with Crippen molar-refractivity contribution < 1.29 is 9.53 Å². The smallest absolute Gasteiger partial charge is 0.338 e. The van der Waals surface area contributed by atoms with Gasteiger partial charge in [0.2, 0.25) is 0 Å². The zero-order chi connectivity index (χ0) is 14.7. The third-order valence-corrected chi connectivity index (χ3v) is 4.65. The minimum absolute atomic E-state index is 0.339. The van der Waals surface area contributed by atoms with Crippen molar-refractivity contribution in [3.63, 3.8) is 0 Å². The van der Waals surface area contributed by atoms with Gasteiger partial charge < -0.3 is 4.74 Å². The van der Waals surface area contributed by atoms with Gasteiger partial charge in [-0.15, -0.1) is 11.8 Å². The molecule has 0 fully saturated rings. The van der Waals surface area contributed by atoms with E-state index in [1.807, 2.05) is 36.4 Å². The lowest BCUT2D eigenvalue weighted by Gasteiger charge is -2.08. The Labute approximate surface area is 130 Å². The van der Waals surface area contributed by atoms with Crippen molar-refractivity contribution in [1.29, 1.82) is 0 Å². The standard InChI is InChI=1S/C15H12N2O2S2/c1-19-15(18)11-7-8-13-14(17-21-16-13)12(11)9-20-10-5-3-2-4-6-10/h2-8H,9H2,1H3. The van der Waals surface area contributed by atoms with Crippen LogP contribution in [0.15, 0.2) is 47.4 Å². The van der Waals surface area contributed by atoms with Crippen LogP contribution in [0.2, 0.25) is 0 Å². The highest BCUT2D eigenvalue weighted by Gasteiger charge is 2.17. The lowest BCUT2D eigenvalue weighted by molar-refractivity contribution is 0.0600. The molecule has 6 heteroatoms. The van der Waals surface area contributed by atoms with Crippen LogP contribution in [-0.2, 0) is 10.5 Å². The highest BCUT2D eigenvalue weighted by molar-refractivity contribution is 7.98. The largest absolute Gasteiger partial charge is 0.465 e. The molecular weight excluding hydrogens is 304 g/mol. The maximum atomic E-state index is 11.9. The second kappa shape index (κ2) is 6.24. The Morgan fingerprint density at radius 3 is 2.76 bits per heavy atom. The molecule has 0 aliphatic carbocycles. The van der Waals surface area contributed by atoms with Gasteiger partial charge in [-0.25, -0.2) is 4.79 Å². The molecule has 0 radical (unpaired) electrons. The van der Waals surface area contributed by atoms with Gasteiger partial charge in [0, 0.05) is 16.2 Å². The number of hydrogen-bond donors (Lipinski definition) is 0. The van der Waals surface area contributed by atoms with Gasteiger partial charge in [0.15, 0.2) is 0 Å². The Bertz CT molecular complexity index is 772. The third-order valence-electron chi connectivity index (χ3n) is 3.06. The van der Waals surface area contributed by atoms with E-state index in [1.165, 1.54) is 7.11 Å². The van der Waals surface area contributed by atoms with E-state index >= 15 is 0 Å². The summed E-state index contributed by atoms with van der Waals surface area (Å²) in [4.78, 5) is 13.1. The van der Waals surface area contributed by atoms with Crippen molar-refractivity contribution >= 4 is 40.5 Å². The molecule has 4 nitrogen and oxygen atoms in total. The molecule has 3 aromatic rings. The van der Waals surface area contributed by atoms with Gasteiger partial charge in [-0.3, -0.25) is 0 Å². The molecule has 2 aromatic carbocycles. The number of nitrogens with zero attached hydrogens (tertiary/aromatic N) is 2. The monoisotopic (exact) mass is 316 g/mol. The SMILES string of the molecule is COC(=O)c1ccc2nsnc2c1CSc1ccccc1. The first-order chi connectivity index (χ1) is 10.3. The van der Waals surface area contributed by atoms with Gasteiger partial charge >= 0.3 is 5.97 Å². The number of methoxy groups -OCH3 is 1. The van der Waals surface area contributed by atoms with Gasteiger partial charge in [0.25, 0.3) is 0 Å². The lowest BCUT2D eigenvalue weighted by Crippen LogP contribution is -2.05. The fraction of sp³-hybridized carbons (Fsp3) is 0.133. The average molecular weight is 316 g/mol. The fourth-order valence-electron chi connectivity index (χ4n) is 2.02. The van der Waals surface area contributed by atoms with Crippen LogP contribution >= 0.6 is 23.5 Å². The molecule has 0 saturated carbocycles. The van der Waals surface area contributed by atoms with Crippen LogP contribution in [0.3, 0.4) is 0 Å². The first-order valence-electron chi connectivity index (χ1n) is 6.30. The summed E-state index contributed by atoms with van der Waals surface area (Å²) in [7, 11) is 1.39. The van der Waals surface area contributed by atoms with E-state index in [1.54, 1.807) is 17.8 Å². The Morgan fingerprint density at radius 2 is 2.00 bits per heavy atom. The first kappa shape index (κ1) is 14.0. The first-order valence-corrected chi connectivity index (χ1v) is 8.01. The maximum absolute atomic E-state index is 11.9. The topological polar surface area (TPSA) is 52.1 Å². The molecule has 21 heavy (non-hydrogen) atoms. The zero-order valence-corrected chi connectivity index (χ0v) is 12.9. The Hall–Kier alpha value is -1.92. The Balaban J connectivity index is 1.98. The van der Waals surface area contributed by atoms with E-state index in [2.05, 4.69) is 8.75 Å². The van der Waals surface area contributed by atoms with Crippen LogP contribution < -0.4 is 0 Å². The van der Waals surface area contributed by atoms with Crippen molar-refractivity contribution in [2.75, 3.05) is 7.11 Å². The normalized spacial score (nSPS) is 10.7. The Morgan fingerprint density at radius 1 is 1.19 bits per heavy atom. The minimum atomic E-state index is -0.339. The lowest BCUT2D eigenvalue weighted by atomic mass is 10.1. The van der Waals surface area contributed by atoms with Crippen LogP contribution in [-0.4, -0.2) is 21.8 Å². The molecule has 106 valence electrons. The van der Waals surface area contributed by atoms with Gasteiger partial charge in [0.1, 0.15) is 11.0 Å². The molecule has 0 amide bonds. The number of ether oxygens (including phenoxy) is 1. The van der Waals surface area contributed by atoms with Crippen molar-refractivity contribution in [1.82, 2.24) is 8.75 Å². The molecule has 0 atom stereocenters. The molecular formula is C15H12N2O2S2.